The summed E-state index contributed by atoms with van der Waals surface area (Å²) in [5, 5.41) is 2.52. The quantitative estimate of drug-likeness (QED) is 0.698. The zero-order valence-electron chi connectivity index (χ0n) is 14.6. The number of hydrogen-bond donors (Lipinski definition) is 2. The highest BCUT2D eigenvalue weighted by Crippen LogP contribution is 2.44. The Balaban J connectivity index is 1.86. The van der Waals surface area contributed by atoms with Crippen LogP contribution in [0.4, 0.5) is 4.39 Å². The number of hydrogen-bond acceptors (Lipinski definition) is 4. The van der Waals surface area contributed by atoms with E-state index < -0.39 is 16.8 Å². The summed E-state index contributed by atoms with van der Waals surface area (Å²) >= 11 is 6.71. The number of aromatic nitrogens is 2. The topological polar surface area (TPSA) is 94.0 Å². The number of halogens is 2. The third kappa shape index (κ3) is 2.48. The van der Waals surface area contributed by atoms with Gasteiger partial charge in [0.25, 0.3) is 5.56 Å². The van der Waals surface area contributed by atoms with Crippen molar-refractivity contribution in [1.82, 2.24) is 9.72 Å². The molecule has 0 atom stereocenters. The van der Waals surface area contributed by atoms with Crippen LogP contribution in [0.15, 0.2) is 20.2 Å². The lowest BCUT2D eigenvalue weighted by Crippen LogP contribution is -2.26. The third-order valence-corrected chi connectivity index (χ3v) is 6.32. The van der Waals surface area contributed by atoms with Crippen LogP contribution in [0.2, 0.25) is 5.02 Å². The molecule has 2 aliphatic rings. The minimum Gasteiger partial charge on any atom is -0.360 e. The molecule has 5 rings (SSSR count). The number of pyridine rings is 1. The molecule has 0 saturated heterocycles. The van der Waals surface area contributed by atoms with E-state index in [1.807, 2.05) is 0 Å². The molecule has 6 nitrogen and oxygen atoms in total. The zero-order valence-corrected chi connectivity index (χ0v) is 15.3. The van der Waals surface area contributed by atoms with Crippen molar-refractivity contribution in [2.75, 3.05) is 0 Å². The Hall–Kier alpha value is -2.12. The first kappa shape index (κ1) is 17.0. The van der Waals surface area contributed by atoms with Gasteiger partial charge in [-0.05, 0) is 50.5 Å². The highest BCUT2D eigenvalue weighted by Gasteiger charge is 2.33. The smallest absolute Gasteiger partial charge is 0.293 e. The Morgan fingerprint density at radius 2 is 1.89 bits per heavy atom. The Morgan fingerprint density at radius 3 is 2.56 bits per heavy atom. The van der Waals surface area contributed by atoms with Gasteiger partial charge in [0.05, 0.1) is 15.9 Å². The van der Waals surface area contributed by atoms with E-state index in [0.29, 0.717) is 11.1 Å². The number of nitrogens with two attached hydrogens (primary N) is 1. The molecule has 8 heteroatoms. The maximum absolute atomic E-state index is 15.0. The van der Waals surface area contributed by atoms with E-state index >= 15 is 4.39 Å². The maximum atomic E-state index is 15.0. The Morgan fingerprint density at radius 1 is 1.19 bits per heavy atom. The van der Waals surface area contributed by atoms with E-state index in [2.05, 4.69) is 5.16 Å². The molecule has 3 aromatic rings. The van der Waals surface area contributed by atoms with Crippen molar-refractivity contribution in [3.8, 4) is 0 Å². The predicted molar refractivity (Wildman–Crippen MR) is 101 cm³/mol. The van der Waals surface area contributed by atoms with Gasteiger partial charge in [-0.1, -0.05) is 11.6 Å². The Labute approximate surface area is 158 Å². The zero-order chi connectivity index (χ0) is 18.9. The molecule has 0 radical (unpaired) electrons. The lowest BCUT2D eigenvalue weighted by molar-refractivity contribution is 0.387. The van der Waals surface area contributed by atoms with Gasteiger partial charge >= 0.3 is 0 Å². The van der Waals surface area contributed by atoms with Gasteiger partial charge in [-0.3, -0.25) is 9.59 Å². The van der Waals surface area contributed by atoms with Crippen LogP contribution in [0.1, 0.15) is 56.0 Å². The van der Waals surface area contributed by atoms with E-state index in [4.69, 9.17) is 21.9 Å². The second-order valence-corrected chi connectivity index (χ2v) is 8.12. The molecule has 2 saturated carbocycles. The third-order valence-electron chi connectivity index (χ3n) is 5.93. The van der Waals surface area contributed by atoms with Gasteiger partial charge in [0.1, 0.15) is 5.82 Å². The number of aromatic amines is 1. The summed E-state index contributed by atoms with van der Waals surface area (Å²) in [7, 11) is 0. The van der Waals surface area contributed by atoms with Gasteiger partial charge in [-0.2, -0.15) is 5.16 Å². The van der Waals surface area contributed by atoms with Gasteiger partial charge in [0, 0.05) is 17.6 Å². The summed E-state index contributed by atoms with van der Waals surface area (Å²) in [6.07, 6.45) is 4.95. The van der Waals surface area contributed by atoms with Crippen LogP contribution in [0.3, 0.4) is 0 Å². The normalized spacial score (nSPS) is 23.4. The average Bonchev–Trinajstić information content (AvgIpc) is 3.40. The molecule has 0 amide bonds. The molecule has 0 spiro atoms. The fraction of sp³-hybridized carbons (Fsp3) is 0.474. The average molecular weight is 392 g/mol. The maximum Gasteiger partial charge on any atom is 0.293 e. The first-order valence-electron chi connectivity index (χ1n) is 9.30. The van der Waals surface area contributed by atoms with Crippen LogP contribution in [0.25, 0.3) is 22.0 Å². The number of benzene rings is 1. The van der Waals surface area contributed by atoms with Crippen LogP contribution in [-0.2, 0) is 0 Å². The molecule has 2 heterocycles. The van der Waals surface area contributed by atoms with E-state index in [-0.39, 0.29) is 39.5 Å². The molecule has 27 heavy (non-hydrogen) atoms. The highest BCUT2D eigenvalue weighted by atomic mass is 35.5. The molecule has 0 unspecified atom stereocenters. The van der Waals surface area contributed by atoms with Crippen molar-refractivity contribution in [3.63, 3.8) is 0 Å². The summed E-state index contributed by atoms with van der Waals surface area (Å²) < 4.78 is 22.2. The molecule has 2 aliphatic carbocycles. The molecule has 2 aromatic heterocycles. The van der Waals surface area contributed by atoms with Crippen molar-refractivity contribution in [2.45, 2.75) is 56.5 Å². The van der Waals surface area contributed by atoms with E-state index in [1.54, 1.807) is 4.57 Å². The lowest BCUT2D eigenvalue weighted by Gasteiger charge is -2.28. The first-order chi connectivity index (χ1) is 13.0. The number of nitrogens with zero attached hydrogens (tertiary/aromatic N) is 1. The van der Waals surface area contributed by atoms with Crippen molar-refractivity contribution in [3.05, 3.63) is 43.0 Å². The molecular formula is C19H19ClFN3O3. The number of H-pyrrole nitrogens is 1. The SMILES string of the molecule is NC1CCC(c2c(F)cc3c(=O)c4c(=O)[nH]oc4n(C4CC4)c3c2Cl)CC1. The number of rotatable bonds is 2. The fourth-order valence-corrected chi connectivity index (χ4v) is 4.83. The Kier molecular flexibility index (Phi) is 3.74. The molecule has 3 N–H and O–H groups in total. The summed E-state index contributed by atoms with van der Waals surface area (Å²) in [4.78, 5) is 24.9. The minimum absolute atomic E-state index is 0.0293. The molecule has 0 bridgehead atoms. The second-order valence-electron chi connectivity index (χ2n) is 7.74. The van der Waals surface area contributed by atoms with Crippen molar-refractivity contribution < 1.29 is 8.91 Å². The molecule has 0 aliphatic heterocycles. The summed E-state index contributed by atoms with van der Waals surface area (Å²) in [5.74, 6) is -0.523. The van der Waals surface area contributed by atoms with Gasteiger partial charge in [-0.25, -0.2) is 4.39 Å². The van der Waals surface area contributed by atoms with Crippen LogP contribution in [0.5, 0.6) is 0 Å². The summed E-state index contributed by atoms with van der Waals surface area (Å²) in [5.41, 5.74) is 5.92. The standard InChI is InChI=1S/C19H19ClFN3O3/c20-15-13(8-1-3-9(22)4-2-8)12(21)7-11-16(15)24(10-5-6-10)19-14(17(11)25)18(26)23-27-19/h7-10H,1-6,22H2,(H,23,26). The lowest BCUT2D eigenvalue weighted by atomic mass is 9.81. The highest BCUT2D eigenvalue weighted by molar-refractivity contribution is 6.36. The number of nitrogens with one attached hydrogen (secondary N) is 1. The Bertz CT molecular complexity index is 1180. The second kappa shape index (κ2) is 5.94. The van der Waals surface area contributed by atoms with Crippen molar-refractivity contribution in [1.29, 1.82) is 0 Å². The van der Waals surface area contributed by atoms with Crippen LogP contribution in [0, 0.1) is 5.82 Å². The van der Waals surface area contributed by atoms with Crippen LogP contribution in [-0.4, -0.2) is 15.8 Å². The van der Waals surface area contributed by atoms with E-state index in [0.717, 1.165) is 38.5 Å². The monoisotopic (exact) mass is 391 g/mol. The largest absolute Gasteiger partial charge is 0.360 e. The van der Waals surface area contributed by atoms with Crippen molar-refractivity contribution >= 4 is 33.6 Å². The predicted octanol–water partition coefficient (Wildman–Crippen LogP) is 3.55. The van der Waals surface area contributed by atoms with Crippen LogP contribution < -0.4 is 16.7 Å². The summed E-state index contributed by atoms with van der Waals surface area (Å²) in [6, 6.07) is 1.46. The fourth-order valence-electron chi connectivity index (χ4n) is 4.40. The van der Waals surface area contributed by atoms with E-state index in [1.165, 1.54) is 6.07 Å². The van der Waals surface area contributed by atoms with Gasteiger partial charge in [0.15, 0.2) is 5.39 Å². The molecule has 142 valence electrons. The first-order valence-corrected chi connectivity index (χ1v) is 9.68. The van der Waals surface area contributed by atoms with E-state index in [9.17, 15) is 9.59 Å². The minimum atomic E-state index is -0.604. The van der Waals surface area contributed by atoms with Gasteiger partial charge in [0.2, 0.25) is 11.1 Å². The van der Waals surface area contributed by atoms with Gasteiger partial charge in [-0.15, -0.1) is 0 Å². The molecule has 1 aromatic carbocycles. The van der Waals surface area contributed by atoms with Crippen molar-refractivity contribution in [2.24, 2.45) is 5.73 Å². The molecule has 2 fully saturated rings. The number of fused-ring (bicyclic) bond motifs is 2. The van der Waals surface area contributed by atoms with Gasteiger partial charge < -0.3 is 14.8 Å². The molecular weight excluding hydrogens is 373 g/mol. The summed E-state index contributed by atoms with van der Waals surface area (Å²) in [6.45, 7) is 0. The van der Waals surface area contributed by atoms with Crippen LogP contribution >= 0.6 is 11.6 Å².